The molecule has 46 valence electrons. The first-order valence-electron chi connectivity index (χ1n) is 2.15. The van der Waals surface area contributed by atoms with Crippen LogP contribution < -0.4 is 5.84 Å². The Hall–Kier alpha value is -0.900. The highest BCUT2D eigenvalue weighted by molar-refractivity contribution is 6.31. The zero-order chi connectivity index (χ0) is 6.41. The average Bonchev–Trinajstić information content (AvgIpc) is 1.83. The second-order valence-electron chi connectivity index (χ2n) is 1.17. The maximum absolute atomic E-state index is 8.36. The standard InChI is InChI=1S/C4H9N3O/c1-6-2-4(3-8)7-5/h2,8H,3,5H2,1H3. The molecule has 0 atom stereocenters. The molecule has 0 aliphatic heterocycles. The summed E-state index contributed by atoms with van der Waals surface area (Å²) in [5.41, 5.74) is 0.382. The highest BCUT2D eigenvalue weighted by Gasteiger charge is 1.85. The Labute approximate surface area is 47.7 Å². The Bertz CT molecular complexity index is 105. The largest absolute Gasteiger partial charge is 0.390 e. The van der Waals surface area contributed by atoms with Crippen LogP contribution in [0.4, 0.5) is 0 Å². The Morgan fingerprint density at radius 1 is 1.88 bits per heavy atom. The number of rotatable bonds is 2. The summed E-state index contributed by atoms with van der Waals surface area (Å²) < 4.78 is 0. The number of aliphatic imine (C=N–C) groups is 1. The fraction of sp³-hybridized carbons (Fsp3) is 0.500. The van der Waals surface area contributed by atoms with E-state index in [1.165, 1.54) is 6.21 Å². The van der Waals surface area contributed by atoms with Gasteiger partial charge in [-0.3, -0.25) is 4.99 Å². The maximum Gasteiger partial charge on any atom is 0.103 e. The molecule has 0 unspecified atom stereocenters. The predicted octanol–water partition coefficient (Wildman–Crippen LogP) is -1.01. The molecule has 0 aliphatic carbocycles. The molecule has 0 bridgehead atoms. The van der Waals surface area contributed by atoms with E-state index in [9.17, 15) is 0 Å². The molecular weight excluding hydrogens is 106 g/mol. The van der Waals surface area contributed by atoms with E-state index in [0.717, 1.165) is 0 Å². The lowest BCUT2D eigenvalue weighted by Crippen LogP contribution is -2.08. The summed E-state index contributed by atoms with van der Waals surface area (Å²) in [4.78, 5) is 3.58. The smallest absolute Gasteiger partial charge is 0.103 e. The number of hydrogen-bond donors (Lipinski definition) is 2. The van der Waals surface area contributed by atoms with Gasteiger partial charge in [-0.2, -0.15) is 5.10 Å². The van der Waals surface area contributed by atoms with Crippen LogP contribution in [0.15, 0.2) is 10.1 Å². The molecule has 4 heteroatoms. The molecule has 0 saturated heterocycles. The first-order valence-corrected chi connectivity index (χ1v) is 2.15. The van der Waals surface area contributed by atoms with E-state index < -0.39 is 0 Å². The first kappa shape index (κ1) is 7.10. The number of nitrogens with two attached hydrogens (primary N) is 1. The van der Waals surface area contributed by atoms with Gasteiger partial charge in [-0.25, -0.2) is 0 Å². The zero-order valence-electron chi connectivity index (χ0n) is 4.70. The minimum absolute atomic E-state index is 0.159. The van der Waals surface area contributed by atoms with Crippen molar-refractivity contribution in [3.05, 3.63) is 0 Å². The normalized spacial score (nSPS) is 13.0. The van der Waals surface area contributed by atoms with Gasteiger partial charge in [0.05, 0.1) is 6.61 Å². The van der Waals surface area contributed by atoms with E-state index in [1.54, 1.807) is 7.05 Å². The van der Waals surface area contributed by atoms with Gasteiger partial charge < -0.3 is 10.9 Å². The molecule has 0 aromatic carbocycles. The van der Waals surface area contributed by atoms with E-state index in [2.05, 4.69) is 10.1 Å². The van der Waals surface area contributed by atoms with Crippen LogP contribution in [0.2, 0.25) is 0 Å². The SMILES string of the molecule is CN=CC(CO)=NN. The molecular formula is C4H9N3O. The molecule has 0 heterocycles. The van der Waals surface area contributed by atoms with Gasteiger partial charge >= 0.3 is 0 Å². The highest BCUT2D eigenvalue weighted by atomic mass is 16.3. The fourth-order valence-corrected chi connectivity index (χ4v) is 0.264. The average molecular weight is 115 g/mol. The van der Waals surface area contributed by atoms with Crippen molar-refractivity contribution in [2.45, 2.75) is 0 Å². The fourth-order valence-electron chi connectivity index (χ4n) is 0.264. The van der Waals surface area contributed by atoms with Crippen molar-refractivity contribution < 1.29 is 5.11 Å². The molecule has 0 rings (SSSR count). The van der Waals surface area contributed by atoms with Crippen LogP contribution in [0.5, 0.6) is 0 Å². The summed E-state index contributed by atoms with van der Waals surface area (Å²) in [6.45, 7) is -0.159. The summed E-state index contributed by atoms with van der Waals surface area (Å²) in [7, 11) is 1.58. The monoisotopic (exact) mass is 115 g/mol. The topological polar surface area (TPSA) is 71.0 Å². The molecule has 0 spiro atoms. The van der Waals surface area contributed by atoms with E-state index in [1.807, 2.05) is 0 Å². The maximum atomic E-state index is 8.36. The van der Waals surface area contributed by atoms with Gasteiger partial charge in [0, 0.05) is 13.3 Å². The van der Waals surface area contributed by atoms with Crippen molar-refractivity contribution in [2.75, 3.05) is 13.7 Å². The van der Waals surface area contributed by atoms with Crippen molar-refractivity contribution in [3.8, 4) is 0 Å². The van der Waals surface area contributed by atoms with Crippen LogP contribution in [-0.4, -0.2) is 30.7 Å². The molecule has 0 radical (unpaired) electrons. The van der Waals surface area contributed by atoms with Gasteiger partial charge in [0.15, 0.2) is 0 Å². The molecule has 0 aromatic rings. The Balaban J connectivity index is 3.72. The van der Waals surface area contributed by atoms with E-state index in [-0.39, 0.29) is 6.61 Å². The van der Waals surface area contributed by atoms with Crippen molar-refractivity contribution in [1.29, 1.82) is 0 Å². The van der Waals surface area contributed by atoms with Crippen LogP contribution in [0.25, 0.3) is 0 Å². The molecule has 8 heavy (non-hydrogen) atoms. The summed E-state index contributed by atoms with van der Waals surface area (Å²) in [5.74, 6) is 4.81. The van der Waals surface area contributed by atoms with E-state index in [4.69, 9.17) is 10.9 Å². The van der Waals surface area contributed by atoms with E-state index >= 15 is 0 Å². The van der Waals surface area contributed by atoms with Gasteiger partial charge in [-0.1, -0.05) is 0 Å². The number of hydrogen-bond acceptors (Lipinski definition) is 4. The zero-order valence-corrected chi connectivity index (χ0v) is 4.70. The third kappa shape index (κ3) is 2.30. The summed E-state index contributed by atoms with van der Waals surface area (Å²) in [5, 5.41) is 11.6. The lowest BCUT2D eigenvalue weighted by Gasteiger charge is -1.86. The van der Waals surface area contributed by atoms with Crippen LogP contribution in [0, 0.1) is 0 Å². The second kappa shape index (κ2) is 4.26. The summed E-state index contributed by atoms with van der Waals surface area (Å²) >= 11 is 0. The van der Waals surface area contributed by atoms with Crippen molar-refractivity contribution in [2.24, 2.45) is 15.9 Å². The van der Waals surface area contributed by atoms with Crippen molar-refractivity contribution in [3.63, 3.8) is 0 Å². The summed E-state index contributed by atoms with van der Waals surface area (Å²) in [6.07, 6.45) is 1.40. The van der Waals surface area contributed by atoms with E-state index in [0.29, 0.717) is 5.71 Å². The van der Waals surface area contributed by atoms with Gasteiger partial charge in [0.1, 0.15) is 5.71 Å². The molecule has 0 aromatic heterocycles. The molecule has 0 amide bonds. The molecule has 0 aliphatic rings. The Kier molecular flexibility index (Phi) is 3.78. The quantitative estimate of drug-likeness (QED) is 0.275. The molecule has 4 nitrogen and oxygen atoms in total. The number of aliphatic hydroxyl groups is 1. The first-order chi connectivity index (χ1) is 3.85. The minimum atomic E-state index is -0.159. The van der Waals surface area contributed by atoms with Crippen LogP contribution in [0.3, 0.4) is 0 Å². The predicted molar refractivity (Wildman–Crippen MR) is 33.1 cm³/mol. The highest BCUT2D eigenvalue weighted by Crippen LogP contribution is 1.65. The van der Waals surface area contributed by atoms with Gasteiger partial charge in [-0.15, -0.1) is 0 Å². The summed E-state index contributed by atoms with van der Waals surface area (Å²) in [6, 6.07) is 0. The number of nitrogens with zero attached hydrogens (tertiary/aromatic N) is 2. The van der Waals surface area contributed by atoms with Crippen LogP contribution in [-0.2, 0) is 0 Å². The van der Waals surface area contributed by atoms with Gasteiger partial charge in [0.2, 0.25) is 0 Å². The molecule has 0 saturated carbocycles. The second-order valence-corrected chi connectivity index (χ2v) is 1.17. The third-order valence-electron chi connectivity index (χ3n) is 0.606. The number of aliphatic hydroxyl groups excluding tert-OH is 1. The van der Waals surface area contributed by atoms with Crippen LogP contribution >= 0.6 is 0 Å². The minimum Gasteiger partial charge on any atom is -0.390 e. The van der Waals surface area contributed by atoms with Crippen LogP contribution in [0.1, 0.15) is 0 Å². The lowest BCUT2D eigenvalue weighted by atomic mass is 10.4. The molecule has 3 N–H and O–H groups in total. The Morgan fingerprint density at radius 3 is 2.62 bits per heavy atom. The molecule has 0 fully saturated rings. The van der Waals surface area contributed by atoms with Gasteiger partial charge in [0.25, 0.3) is 0 Å². The Morgan fingerprint density at radius 2 is 2.50 bits per heavy atom. The van der Waals surface area contributed by atoms with Crippen molar-refractivity contribution >= 4 is 11.9 Å². The third-order valence-corrected chi connectivity index (χ3v) is 0.606. The van der Waals surface area contributed by atoms with Gasteiger partial charge in [-0.05, 0) is 0 Å². The lowest BCUT2D eigenvalue weighted by molar-refractivity contribution is 0.359. The van der Waals surface area contributed by atoms with Crippen molar-refractivity contribution in [1.82, 2.24) is 0 Å². The number of hydrazone groups is 1.